The maximum Gasteiger partial charge on any atom is 0.255 e. The van der Waals surface area contributed by atoms with Crippen molar-refractivity contribution in [2.24, 2.45) is 0 Å². The number of amides is 3. The predicted octanol–water partition coefficient (Wildman–Crippen LogP) is 5.55. The summed E-state index contributed by atoms with van der Waals surface area (Å²) in [5, 5.41) is 9.60. The number of nitrogens with one attached hydrogen (secondary N) is 3. The Balaban J connectivity index is 0.000000212. The number of carbonyl (C=O) groups excluding carboxylic acids is 3. The van der Waals surface area contributed by atoms with Crippen LogP contribution in [0.1, 0.15) is 61.5 Å². The van der Waals surface area contributed by atoms with Gasteiger partial charge in [0.05, 0.1) is 22.9 Å². The summed E-state index contributed by atoms with van der Waals surface area (Å²) in [6, 6.07) is 8.63. The number of nitrogens with zero attached hydrogens (tertiary/aromatic N) is 2. The maximum absolute atomic E-state index is 12.4. The number of benzene rings is 2. The Morgan fingerprint density at radius 3 is 2.60 bits per heavy atom. The van der Waals surface area contributed by atoms with Gasteiger partial charge in [-0.05, 0) is 85.6 Å². The highest BCUT2D eigenvalue weighted by Crippen LogP contribution is 2.36. The van der Waals surface area contributed by atoms with Gasteiger partial charge in [0.25, 0.3) is 5.91 Å². The average Bonchev–Trinajstić information content (AvgIpc) is 3.52. The number of ether oxygens (including phenoxy) is 1. The molecule has 11 heteroatoms. The fraction of sp³-hybridized carbons (Fsp3) is 0.379. The fourth-order valence-corrected chi connectivity index (χ4v) is 6.06. The minimum absolute atomic E-state index is 0.115. The van der Waals surface area contributed by atoms with E-state index in [1.807, 2.05) is 33.0 Å². The molecule has 0 bridgehead atoms. The Kier molecular flexibility index (Phi) is 10.5. The van der Waals surface area contributed by atoms with Gasteiger partial charge in [0, 0.05) is 28.0 Å². The highest BCUT2D eigenvalue weighted by atomic mass is 79.9. The highest BCUT2D eigenvalue weighted by molar-refractivity contribution is 9.10. The van der Waals surface area contributed by atoms with E-state index in [0.717, 1.165) is 31.0 Å². The predicted molar refractivity (Wildman–Crippen MR) is 164 cm³/mol. The van der Waals surface area contributed by atoms with Crippen molar-refractivity contribution in [3.63, 3.8) is 0 Å². The van der Waals surface area contributed by atoms with Crippen molar-refractivity contribution in [3.05, 3.63) is 63.2 Å². The van der Waals surface area contributed by atoms with Crippen LogP contribution in [-0.2, 0) is 21.7 Å². The molecule has 3 N–H and O–H groups in total. The number of piperidine rings is 1. The molecule has 3 amide bonds. The number of methoxy groups -OCH3 is 1. The topological polar surface area (TPSA) is 113 Å². The SMILES string of the molecule is C=C1CCC(N2Cc3cc(NC=O)ccc3C2=O)C(=O)N1.CC.CNC(C)(C)c1nc2c(Br)cc(OC)cc2s1. The first kappa shape index (κ1) is 31.3. The Bertz CT molecular complexity index is 1420. The molecule has 2 aromatic carbocycles. The molecule has 0 radical (unpaired) electrons. The summed E-state index contributed by atoms with van der Waals surface area (Å²) in [6.45, 7) is 12.4. The smallest absolute Gasteiger partial charge is 0.255 e. The second-order valence-corrected chi connectivity index (χ2v) is 11.4. The molecule has 1 fully saturated rings. The summed E-state index contributed by atoms with van der Waals surface area (Å²) in [5.41, 5.74) is 3.62. The van der Waals surface area contributed by atoms with Crippen molar-refractivity contribution in [1.82, 2.24) is 20.5 Å². The lowest BCUT2D eigenvalue weighted by Crippen LogP contribution is -2.49. The molecule has 214 valence electrons. The molecule has 0 aliphatic carbocycles. The number of allylic oxidation sites excluding steroid dienone is 1. The molecule has 1 aromatic heterocycles. The standard InChI is InChI=1S/C15H15N3O3.C12H15BrN2OS.C2H6/c1-9-2-5-13(14(20)17-9)18-7-10-6-11(16-8-19)3-4-12(10)15(18)21;1-12(2,14-3)11-15-10-8(13)5-7(16-4)6-9(10)17-11;1-2/h3-4,6,8,13H,1-2,5,7H2,(H,16,19)(H,17,20);5-6,14H,1-4H3;1-2H3. The van der Waals surface area contributed by atoms with Crippen molar-refractivity contribution in [1.29, 1.82) is 0 Å². The minimum atomic E-state index is -0.460. The van der Waals surface area contributed by atoms with E-state index in [1.54, 1.807) is 41.5 Å². The van der Waals surface area contributed by atoms with Gasteiger partial charge in [-0.1, -0.05) is 20.4 Å². The highest BCUT2D eigenvalue weighted by Gasteiger charge is 2.38. The number of anilines is 1. The van der Waals surface area contributed by atoms with Crippen LogP contribution in [0.15, 0.2) is 47.1 Å². The second kappa shape index (κ2) is 13.4. The number of thiazole rings is 1. The molecule has 1 atom stereocenters. The molecule has 2 aliphatic heterocycles. The summed E-state index contributed by atoms with van der Waals surface area (Å²) in [7, 11) is 3.62. The van der Waals surface area contributed by atoms with Crippen molar-refractivity contribution in [3.8, 4) is 5.75 Å². The molecular formula is C29H36BrN5O4S. The van der Waals surface area contributed by atoms with Crippen LogP contribution in [0.4, 0.5) is 5.69 Å². The Morgan fingerprint density at radius 1 is 1.25 bits per heavy atom. The van der Waals surface area contributed by atoms with Gasteiger partial charge in [-0.15, -0.1) is 11.3 Å². The van der Waals surface area contributed by atoms with Crippen LogP contribution in [0.25, 0.3) is 10.2 Å². The van der Waals surface area contributed by atoms with Crippen LogP contribution in [-0.4, -0.2) is 48.3 Å². The van der Waals surface area contributed by atoms with Gasteiger partial charge in [0.2, 0.25) is 12.3 Å². The zero-order valence-electron chi connectivity index (χ0n) is 23.7. The van der Waals surface area contributed by atoms with Crippen LogP contribution in [0.3, 0.4) is 0 Å². The number of hydrogen-bond acceptors (Lipinski definition) is 7. The van der Waals surface area contributed by atoms with Crippen molar-refractivity contribution >= 4 is 61.4 Å². The summed E-state index contributed by atoms with van der Waals surface area (Å²) in [4.78, 5) is 41.2. The molecule has 1 saturated heterocycles. The monoisotopic (exact) mass is 629 g/mol. The normalized spacial score (nSPS) is 16.3. The van der Waals surface area contributed by atoms with E-state index in [2.05, 4.69) is 57.3 Å². The minimum Gasteiger partial charge on any atom is -0.497 e. The molecule has 0 saturated carbocycles. The Labute approximate surface area is 247 Å². The van der Waals surface area contributed by atoms with Crippen LogP contribution in [0, 0.1) is 0 Å². The van der Waals surface area contributed by atoms with E-state index in [-0.39, 0.29) is 17.4 Å². The zero-order valence-corrected chi connectivity index (χ0v) is 26.1. The zero-order chi connectivity index (χ0) is 29.6. The lowest BCUT2D eigenvalue weighted by molar-refractivity contribution is -0.126. The molecule has 2 aliphatic rings. The number of halogens is 1. The molecule has 5 rings (SSSR count). The number of fused-ring (bicyclic) bond motifs is 2. The van der Waals surface area contributed by atoms with Crippen molar-refractivity contribution in [2.45, 2.75) is 58.7 Å². The third kappa shape index (κ3) is 6.71. The van der Waals surface area contributed by atoms with Crippen molar-refractivity contribution < 1.29 is 19.1 Å². The molecule has 0 spiro atoms. The van der Waals surface area contributed by atoms with E-state index in [9.17, 15) is 14.4 Å². The average molecular weight is 631 g/mol. The molecular weight excluding hydrogens is 594 g/mol. The van der Waals surface area contributed by atoms with E-state index in [4.69, 9.17) is 4.74 Å². The fourth-order valence-electron chi connectivity index (χ4n) is 4.27. The van der Waals surface area contributed by atoms with Gasteiger partial charge in [-0.2, -0.15) is 0 Å². The van der Waals surface area contributed by atoms with Crippen LogP contribution in [0.5, 0.6) is 5.75 Å². The first-order valence-electron chi connectivity index (χ1n) is 13.0. The van der Waals surface area contributed by atoms with Gasteiger partial charge in [0.15, 0.2) is 0 Å². The van der Waals surface area contributed by atoms with Gasteiger partial charge in [0.1, 0.15) is 16.8 Å². The summed E-state index contributed by atoms with van der Waals surface area (Å²) in [5.74, 6) is 0.524. The van der Waals surface area contributed by atoms with Gasteiger partial charge >= 0.3 is 0 Å². The van der Waals surface area contributed by atoms with Crippen LogP contribution in [0.2, 0.25) is 0 Å². The summed E-state index contributed by atoms with van der Waals surface area (Å²) in [6.07, 6.45) is 1.86. The Morgan fingerprint density at radius 2 is 1.98 bits per heavy atom. The molecule has 40 heavy (non-hydrogen) atoms. The summed E-state index contributed by atoms with van der Waals surface area (Å²) < 4.78 is 7.36. The van der Waals surface area contributed by atoms with Crippen molar-refractivity contribution in [2.75, 3.05) is 19.5 Å². The summed E-state index contributed by atoms with van der Waals surface area (Å²) >= 11 is 5.22. The second-order valence-electron chi connectivity index (χ2n) is 9.56. The van der Waals surface area contributed by atoms with Crippen LogP contribution < -0.4 is 20.7 Å². The van der Waals surface area contributed by atoms with Gasteiger partial charge < -0.3 is 25.6 Å². The van der Waals surface area contributed by atoms with E-state index < -0.39 is 6.04 Å². The molecule has 1 unspecified atom stereocenters. The lowest BCUT2D eigenvalue weighted by Gasteiger charge is -2.30. The number of carbonyl (C=O) groups is 3. The molecule has 9 nitrogen and oxygen atoms in total. The largest absolute Gasteiger partial charge is 0.497 e. The third-order valence-corrected chi connectivity index (χ3v) is 8.61. The lowest BCUT2D eigenvalue weighted by atomic mass is 10.0. The molecule has 3 aromatic rings. The quantitative estimate of drug-likeness (QED) is 0.308. The third-order valence-electron chi connectivity index (χ3n) is 6.68. The first-order valence-corrected chi connectivity index (χ1v) is 14.6. The van der Waals surface area contributed by atoms with Crippen LogP contribution >= 0.6 is 27.3 Å². The van der Waals surface area contributed by atoms with E-state index in [1.165, 1.54) is 0 Å². The van der Waals surface area contributed by atoms with E-state index in [0.29, 0.717) is 42.7 Å². The number of rotatable bonds is 6. The Hall–Kier alpha value is -3.28. The first-order chi connectivity index (χ1) is 19.1. The number of hydrogen-bond donors (Lipinski definition) is 3. The van der Waals surface area contributed by atoms with Gasteiger partial charge in [-0.3, -0.25) is 14.4 Å². The number of aromatic nitrogens is 1. The van der Waals surface area contributed by atoms with E-state index >= 15 is 0 Å². The maximum atomic E-state index is 12.4. The van der Waals surface area contributed by atoms with Gasteiger partial charge in [-0.25, -0.2) is 4.98 Å². The molecule has 3 heterocycles.